The molecule has 0 aliphatic carbocycles. The van der Waals surface area contributed by atoms with Gasteiger partial charge in [-0.1, -0.05) is 158 Å². The normalized spacial score (nSPS) is 11.1. The fourth-order valence-electron chi connectivity index (χ4n) is 13.1. The molecule has 10 nitrogen and oxygen atoms in total. The number of aromatic nitrogens is 5. The zero-order chi connectivity index (χ0) is 64.8. The van der Waals surface area contributed by atoms with E-state index in [1.165, 1.54) is 0 Å². The van der Waals surface area contributed by atoms with Crippen LogP contribution in [0.2, 0.25) is 0 Å². The highest BCUT2D eigenvalue weighted by molar-refractivity contribution is 6.14. The molecule has 10 heteroatoms. The van der Waals surface area contributed by atoms with Crippen molar-refractivity contribution >= 4 is 43.6 Å². The number of hydrogen-bond acceptors (Lipinski definition) is 8. The molecule has 0 spiro atoms. The third kappa shape index (κ3) is 10.3. The summed E-state index contributed by atoms with van der Waals surface area (Å²) in [4.78, 5) is 16.1. The van der Waals surface area contributed by atoms with Gasteiger partial charge >= 0.3 is 0 Å². The topological polar surface area (TPSA) is 167 Å². The van der Waals surface area contributed by atoms with Crippen molar-refractivity contribution in [3.05, 3.63) is 319 Å². The molecule has 0 fully saturated rings. The van der Waals surface area contributed by atoms with E-state index in [1.807, 2.05) is 182 Å². The lowest BCUT2D eigenvalue weighted by Gasteiger charge is -2.19. The molecule has 3 aromatic heterocycles. The Hall–Kier alpha value is -14.1. The summed E-state index contributed by atoms with van der Waals surface area (Å²) in [5.74, 6) is 1.46. The average molecular weight is 1220 g/mol. The molecule has 16 rings (SSSR count). The smallest absolute Gasteiger partial charge is 0.166 e. The highest BCUT2D eigenvalue weighted by Gasteiger charge is 2.25. The van der Waals surface area contributed by atoms with E-state index in [1.54, 1.807) is 0 Å². The predicted octanol–water partition coefficient (Wildman–Crippen LogP) is 20.4. The van der Waals surface area contributed by atoms with Crippen molar-refractivity contribution < 1.29 is 0 Å². The van der Waals surface area contributed by atoms with Crippen LogP contribution in [0.25, 0.3) is 156 Å². The van der Waals surface area contributed by atoms with Crippen LogP contribution in [0.1, 0.15) is 27.8 Å². The standard InChI is InChI=1S/C86H48N10/c87-49-54-11-21-59(22-12-54)66-31-37-78(95-79-38-32-67(60-23-13-55(50-88)14-24-60)44-73(79)74-45-68(33-39-80(74)95)61-25-15-56(51-89)16-26-61)72(43-66)71-36-42-83(77(48-71)86-93-84(64-7-3-1-4-8-64)92-85(94-86)65-9-5-2-6-10-65)96-81-40-34-69(62-27-17-57(52-90)18-28-62)46-75(81)76-47-70(35-41-82(76)96)63-29-19-58(53-91)20-30-63/h1-48H. The van der Waals surface area contributed by atoms with Crippen LogP contribution in [0.3, 0.4) is 0 Å². The van der Waals surface area contributed by atoms with Gasteiger partial charge in [-0.15, -0.1) is 0 Å². The molecule has 0 aliphatic rings. The van der Waals surface area contributed by atoms with Crippen molar-refractivity contribution in [2.24, 2.45) is 0 Å². The van der Waals surface area contributed by atoms with Gasteiger partial charge in [-0.3, -0.25) is 0 Å². The molecule has 0 saturated carbocycles. The van der Waals surface area contributed by atoms with Crippen molar-refractivity contribution in [3.63, 3.8) is 0 Å². The summed E-state index contributed by atoms with van der Waals surface area (Å²) in [6.07, 6.45) is 0. The second-order valence-electron chi connectivity index (χ2n) is 23.5. The molecule has 0 bridgehead atoms. The zero-order valence-corrected chi connectivity index (χ0v) is 51.2. The molecule has 442 valence electrons. The number of fused-ring (bicyclic) bond motifs is 6. The summed E-state index contributed by atoms with van der Waals surface area (Å²) in [6.45, 7) is 0. The summed E-state index contributed by atoms with van der Waals surface area (Å²) < 4.78 is 4.65. The third-order valence-corrected chi connectivity index (χ3v) is 18.0. The first-order chi connectivity index (χ1) is 47.3. The average Bonchev–Trinajstić information content (AvgIpc) is 1.56. The second-order valence-corrected chi connectivity index (χ2v) is 23.5. The molecule has 0 radical (unpaired) electrons. The summed E-state index contributed by atoms with van der Waals surface area (Å²) in [7, 11) is 0. The first-order valence-electron chi connectivity index (χ1n) is 31.2. The minimum atomic E-state index is 0.449. The van der Waals surface area contributed by atoms with Gasteiger partial charge in [0.2, 0.25) is 0 Å². The van der Waals surface area contributed by atoms with Gasteiger partial charge in [-0.25, -0.2) is 15.0 Å². The SMILES string of the molecule is N#Cc1ccc(-c2ccc(-n3c4ccc(-c5ccc(C#N)cc5)cc4c4cc(-c5ccc(C#N)cc5)ccc43)c(-c3ccc(-n4c5ccc(-c6ccc(C#N)cc6)cc5c5cc(-c6ccc(C#N)cc6)ccc54)c(-c4nc(-c5ccccc5)nc(-c5ccccc5)n4)c3)c2)cc1. The van der Waals surface area contributed by atoms with Gasteiger partial charge in [0.1, 0.15) is 0 Å². The van der Waals surface area contributed by atoms with Crippen LogP contribution in [0.5, 0.6) is 0 Å². The Balaban J connectivity index is 0.985. The van der Waals surface area contributed by atoms with Crippen molar-refractivity contribution in [1.82, 2.24) is 24.1 Å². The first kappa shape index (κ1) is 57.1. The van der Waals surface area contributed by atoms with E-state index in [4.69, 9.17) is 15.0 Å². The minimum Gasteiger partial charge on any atom is -0.309 e. The van der Waals surface area contributed by atoms with Crippen LogP contribution in [0.15, 0.2) is 291 Å². The number of nitrogens with zero attached hydrogens (tertiary/aromatic N) is 10. The molecule has 0 unspecified atom stereocenters. The molecular weight excluding hydrogens is 1170 g/mol. The van der Waals surface area contributed by atoms with Gasteiger partial charge in [0.05, 0.1) is 91.6 Å². The molecule has 0 aliphatic heterocycles. The van der Waals surface area contributed by atoms with Crippen LogP contribution >= 0.6 is 0 Å². The molecule has 0 amide bonds. The van der Waals surface area contributed by atoms with Crippen LogP contribution < -0.4 is 0 Å². The Bertz CT molecular complexity index is 5730. The predicted molar refractivity (Wildman–Crippen MR) is 381 cm³/mol. The molecule has 16 aromatic rings. The maximum atomic E-state index is 9.95. The quantitative estimate of drug-likeness (QED) is 0.123. The van der Waals surface area contributed by atoms with Crippen molar-refractivity contribution in [1.29, 1.82) is 26.3 Å². The first-order valence-corrected chi connectivity index (χ1v) is 31.2. The highest BCUT2D eigenvalue weighted by Crippen LogP contribution is 2.45. The minimum absolute atomic E-state index is 0.449. The van der Waals surface area contributed by atoms with Crippen LogP contribution in [-0.4, -0.2) is 24.1 Å². The van der Waals surface area contributed by atoms with E-state index in [0.29, 0.717) is 45.3 Å². The number of hydrogen-bond donors (Lipinski definition) is 0. The van der Waals surface area contributed by atoms with E-state index in [0.717, 1.165) is 138 Å². The largest absolute Gasteiger partial charge is 0.309 e. The Morgan fingerprint density at radius 1 is 0.208 bits per heavy atom. The van der Waals surface area contributed by atoms with Gasteiger partial charge < -0.3 is 9.13 Å². The van der Waals surface area contributed by atoms with E-state index in [-0.39, 0.29) is 0 Å². The van der Waals surface area contributed by atoms with Gasteiger partial charge in [-0.05, 0) is 195 Å². The zero-order valence-electron chi connectivity index (χ0n) is 51.2. The molecule has 96 heavy (non-hydrogen) atoms. The van der Waals surface area contributed by atoms with Gasteiger partial charge in [0, 0.05) is 43.8 Å². The summed E-state index contributed by atoms with van der Waals surface area (Å²) in [6, 6.07) is 109. The van der Waals surface area contributed by atoms with E-state index in [2.05, 4.69) is 149 Å². The fourth-order valence-corrected chi connectivity index (χ4v) is 13.1. The van der Waals surface area contributed by atoms with Crippen molar-refractivity contribution in [3.8, 4) is 143 Å². The van der Waals surface area contributed by atoms with Crippen LogP contribution in [0.4, 0.5) is 0 Å². The molecule has 0 atom stereocenters. The molecular formula is C86H48N10. The van der Waals surface area contributed by atoms with E-state index < -0.39 is 0 Å². The Kier molecular flexibility index (Phi) is 14.2. The van der Waals surface area contributed by atoms with Gasteiger partial charge in [0.15, 0.2) is 17.5 Å². The maximum Gasteiger partial charge on any atom is 0.166 e. The van der Waals surface area contributed by atoms with E-state index in [9.17, 15) is 26.3 Å². The summed E-state index contributed by atoms with van der Waals surface area (Å²) in [5, 5.41) is 53.0. The van der Waals surface area contributed by atoms with Gasteiger partial charge in [-0.2, -0.15) is 26.3 Å². The second kappa shape index (κ2) is 23.9. The fraction of sp³-hybridized carbons (Fsp3) is 0. The van der Waals surface area contributed by atoms with Gasteiger partial charge in [0.25, 0.3) is 0 Å². The molecule has 0 N–H and O–H groups in total. The lowest BCUT2D eigenvalue weighted by atomic mass is 9.94. The Morgan fingerprint density at radius 3 is 0.771 bits per heavy atom. The molecule has 3 heterocycles. The summed E-state index contributed by atoms with van der Waals surface area (Å²) in [5.41, 5.74) is 22.3. The Morgan fingerprint density at radius 2 is 0.458 bits per heavy atom. The molecule has 13 aromatic carbocycles. The number of nitriles is 5. The monoisotopic (exact) mass is 1220 g/mol. The molecule has 0 saturated heterocycles. The lowest BCUT2D eigenvalue weighted by Crippen LogP contribution is -2.04. The number of rotatable bonds is 11. The van der Waals surface area contributed by atoms with Crippen molar-refractivity contribution in [2.75, 3.05) is 0 Å². The lowest BCUT2D eigenvalue weighted by molar-refractivity contribution is 1.06. The highest BCUT2D eigenvalue weighted by atomic mass is 15.1. The van der Waals surface area contributed by atoms with E-state index >= 15 is 0 Å². The van der Waals surface area contributed by atoms with Crippen molar-refractivity contribution in [2.45, 2.75) is 0 Å². The number of benzene rings is 13. The maximum absolute atomic E-state index is 9.95. The third-order valence-electron chi connectivity index (χ3n) is 18.0. The Labute approximate surface area is 552 Å². The van der Waals surface area contributed by atoms with Crippen LogP contribution in [0, 0.1) is 56.7 Å². The van der Waals surface area contributed by atoms with Crippen LogP contribution in [-0.2, 0) is 0 Å². The summed E-state index contributed by atoms with van der Waals surface area (Å²) >= 11 is 0.